The van der Waals surface area contributed by atoms with Crippen LogP contribution < -0.4 is 11.1 Å². The van der Waals surface area contributed by atoms with Crippen LogP contribution in [0.3, 0.4) is 0 Å². The molecule has 8 heteroatoms. The highest BCUT2D eigenvalue weighted by atomic mass is 32.2. The molecule has 0 aliphatic carbocycles. The molecule has 0 fully saturated rings. The van der Waals surface area contributed by atoms with E-state index in [9.17, 15) is 13.8 Å². The number of benzene rings is 2. The van der Waals surface area contributed by atoms with Crippen molar-refractivity contribution < 1.29 is 18.9 Å². The Balaban J connectivity index is 1.72. The van der Waals surface area contributed by atoms with E-state index in [2.05, 4.69) is 5.32 Å². The molecule has 0 aromatic heterocycles. The Labute approximate surface area is 191 Å². The Bertz CT molecular complexity index is 917. The van der Waals surface area contributed by atoms with Crippen LogP contribution in [0.25, 0.3) is 0 Å². The van der Waals surface area contributed by atoms with Crippen molar-refractivity contribution in [3.8, 4) is 0 Å². The van der Waals surface area contributed by atoms with Gasteiger partial charge in [-0.25, -0.2) is 0 Å². The number of nitrogens with one attached hydrogen (secondary N) is 2. The van der Waals surface area contributed by atoms with Gasteiger partial charge in [0.05, 0.1) is 6.42 Å². The molecular formula is C24H31N3O4S. The van der Waals surface area contributed by atoms with E-state index >= 15 is 0 Å². The molecule has 0 heterocycles. The molecule has 0 aliphatic rings. The van der Waals surface area contributed by atoms with Crippen LogP contribution in [0.1, 0.15) is 48.8 Å². The Morgan fingerprint density at radius 2 is 1.72 bits per heavy atom. The number of unbranched alkanes of at least 4 members (excludes halogenated alkanes) is 1. The Kier molecular flexibility index (Phi) is 10.6. The van der Waals surface area contributed by atoms with Crippen molar-refractivity contribution in [3.05, 3.63) is 71.3 Å². The number of nitrogens with two attached hydrogens (primary N) is 1. The normalized spacial score (nSPS) is 12.6. The maximum Gasteiger partial charge on any atom is 0.305 e. The molecule has 2 aromatic carbocycles. The number of carbonyl (C=O) groups excluding carboxylic acids is 1. The summed E-state index contributed by atoms with van der Waals surface area (Å²) in [6.45, 7) is 0. The van der Waals surface area contributed by atoms with E-state index in [0.29, 0.717) is 36.3 Å². The molecule has 5 N–H and O–H groups in total. The number of carboxylic acids is 1. The number of carboxylic acid groups (broad SMARTS) is 1. The van der Waals surface area contributed by atoms with E-state index in [-0.39, 0.29) is 18.2 Å². The fourth-order valence-electron chi connectivity index (χ4n) is 3.31. The van der Waals surface area contributed by atoms with Gasteiger partial charge in [-0.2, -0.15) is 0 Å². The first kappa shape index (κ1) is 25.3. The third-order valence-electron chi connectivity index (χ3n) is 5.03. The van der Waals surface area contributed by atoms with E-state index < -0.39 is 22.8 Å². The molecule has 2 unspecified atom stereocenters. The van der Waals surface area contributed by atoms with Crippen molar-refractivity contribution in [1.82, 2.24) is 5.32 Å². The highest BCUT2D eigenvalue weighted by molar-refractivity contribution is 7.84. The summed E-state index contributed by atoms with van der Waals surface area (Å²) in [5, 5.41) is 19.3. The van der Waals surface area contributed by atoms with Crippen LogP contribution in [0.2, 0.25) is 0 Å². The van der Waals surface area contributed by atoms with Gasteiger partial charge in [0.1, 0.15) is 5.84 Å². The molecule has 172 valence electrons. The minimum atomic E-state index is -1.12. The number of hydrogen-bond acceptors (Lipinski definition) is 4. The summed E-state index contributed by atoms with van der Waals surface area (Å²) in [6, 6.07) is 16.4. The average molecular weight is 458 g/mol. The monoisotopic (exact) mass is 457 g/mol. The summed E-state index contributed by atoms with van der Waals surface area (Å²) < 4.78 is 12.3. The second-order valence-corrected chi connectivity index (χ2v) is 9.32. The molecule has 0 spiro atoms. The highest BCUT2D eigenvalue weighted by Gasteiger charge is 2.17. The molecule has 2 atom stereocenters. The van der Waals surface area contributed by atoms with E-state index in [0.717, 1.165) is 24.0 Å². The Morgan fingerprint density at radius 1 is 1.03 bits per heavy atom. The van der Waals surface area contributed by atoms with Gasteiger partial charge in [0.15, 0.2) is 0 Å². The summed E-state index contributed by atoms with van der Waals surface area (Å²) in [4.78, 5) is 23.4. The van der Waals surface area contributed by atoms with Crippen molar-refractivity contribution in [2.24, 2.45) is 5.73 Å². The van der Waals surface area contributed by atoms with Crippen LogP contribution in [0, 0.1) is 5.41 Å². The summed E-state index contributed by atoms with van der Waals surface area (Å²) in [5.74, 6) is -0.381. The van der Waals surface area contributed by atoms with Crippen molar-refractivity contribution in [2.75, 3.05) is 5.75 Å². The summed E-state index contributed by atoms with van der Waals surface area (Å²) in [5.41, 5.74) is 8.21. The molecule has 0 bridgehead atoms. The highest BCUT2D eigenvalue weighted by Crippen LogP contribution is 2.10. The molecular weight excluding hydrogens is 426 g/mol. The fraction of sp³-hybridized carbons (Fsp3) is 0.375. The lowest BCUT2D eigenvalue weighted by molar-refractivity contribution is -0.137. The van der Waals surface area contributed by atoms with Gasteiger partial charge in [-0.3, -0.25) is 19.2 Å². The minimum Gasteiger partial charge on any atom is -0.481 e. The standard InChI is InChI=1S/C24H31N3O4S/c25-24(26)20-12-10-18(11-13-20)6-4-5-9-22(28)27-21(16-23(29)30)14-15-32(31)17-19-7-2-1-3-8-19/h1-3,7-8,10-13,21H,4-6,9,14-17H2,(H3,25,26)(H,27,28)(H,29,30). The number of nitrogen functional groups attached to an aromatic ring is 1. The van der Waals surface area contributed by atoms with Gasteiger partial charge in [0.25, 0.3) is 0 Å². The van der Waals surface area contributed by atoms with Gasteiger partial charge in [0, 0.05) is 40.3 Å². The lowest BCUT2D eigenvalue weighted by Gasteiger charge is -2.17. The fourth-order valence-corrected chi connectivity index (χ4v) is 4.56. The SMILES string of the molecule is N=C(N)c1ccc(CCCCC(=O)NC(CCS(=O)Cc2ccccc2)CC(=O)O)cc1. The van der Waals surface area contributed by atoms with Crippen LogP contribution in [0.4, 0.5) is 0 Å². The van der Waals surface area contributed by atoms with Crippen LogP contribution in [0.5, 0.6) is 0 Å². The summed E-state index contributed by atoms with van der Waals surface area (Å²) in [7, 11) is -1.12. The Morgan fingerprint density at radius 3 is 2.34 bits per heavy atom. The molecule has 0 saturated carbocycles. The van der Waals surface area contributed by atoms with E-state index in [1.54, 1.807) is 0 Å². The maximum absolute atomic E-state index is 12.3. The number of aryl methyl sites for hydroxylation is 1. The first-order valence-electron chi connectivity index (χ1n) is 10.7. The first-order valence-corrected chi connectivity index (χ1v) is 12.2. The van der Waals surface area contributed by atoms with E-state index in [1.807, 2.05) is 54.6 Å². The number of aliphatic carboxylic acids is 1. The lowest BCUT2D eigenvalue weighted by atomic mass is 10.0. The molecule has 0 saturated heterocycles. The zero-order valence-electron chi connectivity index (χ0n) is 18.1. The maximum atomic E-state index is 12.3. The largest absolute Gasteiger partial charge is 0.481 e. The van der Waals surface area contributed by atoms with Gasteiger partial charge >= 0.3 is 5.97 Å². The van der Waals surface area contributed by atoms with Crippen LogP contribution in [-0.4, -0.2) is 38.8 Å². The second kappa shape index (κ2) is 13.4. The van der Waals surface area contributed by atoms with Crippen LogP contribution in [-0.2, 0) is 32.6 Å². The lowest BCUT2D eigenvalue weighted by Crippen LogP contribution is -2.37. The second-order valence-electron chi connectivity index (χ2n) is 7.74. The topological polar surface area (TPSA) is 133 Å². The molecule has 32 heavy (non-hydrogen) atoms. The van der Waals surface area contributed by atoms with Gasteiger partial charge < -0.3 is 16.2 Å². The molecule has 1 amide bonds. The molecule has 0 aliphatic heterocycles. The quantitative estimate of drug-likeness (QED) is 0.197. The van der Waals surface area contributed by atoms with Crippen molar-refractivity contribution in [2.45, 2.75) is 50.3 Å². The predicted molar refractivity (Wildman–Crippen MR) is 127 cm³/mol. The molecule has 0 radical (unpaired) electrons. The molecule has 2 aromatic rings. The number of hydrogen-bond donors (Lipinski definition) is 4. The van der Waals surface area contributed by atoms with Crippen LogP contribution >= 0.6 is 0 Å². The number of rotatable bonds is 14. The number of amidine groups is 1. The van der Waals surface area contributed by atoms with Crippen molar-refractivity contribution in [3.63, 3.8) is 0 Å². The first-order chi connectivity index (χ1) is 15.3. The summed E-state index contributed by atoms with van der Waals surface area (Å²) in [6.07, 6.45) is 2.80. The molecule has 7 nitrogen and oxygen atoms in total. The predicted octanol–water partition coefficient (Wildman–Crippen LogP) is 2.98. The third-order valence-corrected chi connectivity index (χ3v) is 6.38. The van der Waals surface area contributed by atoms with Gasteiger partial charge in [-0.1, -0.05) is 54.6 Å². The zero-order chi connectivity index (χ0) is 23.3. The average Bonchev–Trinajstić information content (AvgIpc) is 2.76. The summed E-state index contributed by atoms with van der Waals surface area (Å²) >= 11 is 0. The van der Waals surface area contributed by atoms with Gasteiger partial charge in [0.2, 0.25) is 5.91 Å². The van der Waals surface area contributed by atoms with Crippen molar-refractivity contribution >= 4 is 28.5 Å². The zero-order valence-corrected chi connectivity index (χ0v) is 18.9. The van der Waals surface area contributed by atoms with E-state index in [4.69, 9.17) is 16.2 Å². The smallest absolute Gasteiger partial charge is 0.305 e. The van der Waals surface area contributed by atoms with Crippen molar-refractivity contribution in [1.29, 1.82) is 5.41 Å². The van der Waals surface area contributed by atoms with Gasteiger partial charge in [-0.15, -0.1) is 0 Å². The van der Waals surface area contributed by atoms with Gasteiger partial charge in [-0.05, 0) is 36.8 Å². The minimum absolute atomic E-state index is 0.0352. The number of carbonyl (C=O) groups is 2. The van der Waals surface area contributed by atoms with Crippen LogP contribution in [0.15, 0.2) is 54.6 Å². The molecule has 2 rings (SSSR count). The number of amides is 1. The third kappa shape index (κ3) is 9.87. The van der Waals surface area contributed by atoms with E-state index in [1.165, 1.54) is 0 Å². The Hall–Kier alpha value is -3.00.